The van der Waals surface area contributed by atoms with Gasteiger partial charge in [-0.1, -0.05) is 6.92 Å². The summed E-state index contributed by atoms with van der Waals surface area (Å²) in [7, 11) is 0. The van der Waals surface area contributed by atoms with Crippen molar-refractivity contribution in [2.75, 3.05) is 13.2 Å². The lowest BCUT2D eigenvalue weighted by molar-refractivity contribution is -0.158. The SMILES string of the molecule is CCCC(=O)N(CC)C(=O)[C@H]1N[C@H](CO)[C@@H](O)[C@H](O)[C@@H]1O. The van der Waals surface area contributed by atoms with Crippen molar-refractivity contribution >= 4 is 11.8 Å². The number of nitrogens with zero attached hydrogens (tertiary/aromatic N) is 1. The maximum atomic E-state index is 12.4. The molecule has 0 bridgehead atoms. The number of hydrogen-bond acceptors (Lipinski definition) is 7. The fourth-order valence-electron chi connectivity index (χ4n) is 2.41. The van der Waals surface area contributed by atoms with Crippen molar-refractivity contribution in [3.8, 4) is 0 Å². The predicted molar refractivity (Wildman–Crippen MR) is 73.1 cm³/mol. The number of likely N-dealkylation sites (N-methyl/N-ethyl adjacent to an activating group) is 1. The molecule has 0 spiro atoms. The summed E-state index contributed by atoms with van der Waals surface area (Å²) in [6, 6.07) is -2.20. The van der Waals surface area contributed by atoms with Crippen molar-refractivity contribution in [1.82, 2.24) is 10.2 Å². The largest absolute Gasteiger partial charge is 0.395 e. The van der Waals surface area contributed by atoms with Crippen molar-refractivity contribution in [2.45, 2.75) is 57.1 Å². The zero-order valence-corrected chi connectivity index (χ0v) is 12.3. The third-order valence-electron chi connectivity index (χ3n) is 3.66. The molecule has 0 saturated carbocycles. The Bertz CT molecular complexity index is 376. The Morgan fingerprint density at radius 1 is 1.10 bits per heavy atom. The minimum atomic E-state index is -1.57. The van der Waals surface area contributed by atoms with E-state index in [0.717, 1.165) is 4.90 Å². The summed E-state index contributed by atoms with van der Waals surface area (Å²) in [5.74, 6) is -1.03. The van der Waals surface area contributed by atoms with Crippen molar-refractivity contribution in [1.29, 1.82) is 0 Å². The summed E-state index contributed by atoms with van der Waals surface area (Å²) < 4.78 is 0. The van der Waals surface area contributed by atoms with E-state index >= 15 is 0 Å². The van der Waals surface area contributed by atoms with Crippen molar-refractivity contribution in [3.05, 3.63) is 0 Å². The van der Waals surface area contributed by atoms with Gasteiger partial charge in [0.2, 0.25) is 11.8 Å². The van der Waals surface area contributed by atoms with Gasteiger partial charge in [-0.05, 0) is 13.3 Å². The van der Waals surface area contributed by atoms with Crippen molar-refractivity contribution in [3.63, 3.8) is 0 Å². The van der Waals surface area contributed by atoms with E-state index in [9.17, 15) is 24.9 Å². The van der Waals surface area contributed by atoms with E-state index in [4.69, 9.17) is 5.11 Å². The standard InChI is InChI=1S/C13H24N2O6/c1-3-5-8(17)15(4-2)13(21)9-11(19)12(20)10(18)7(6-16)14-9/h7,9-12,14,16,18-20H,3-6H2,1-2H3/t7-,9+,10-,11-,12+/m1/s1. The molecule has 5 atom stereocenters. The molecule has 0 aromatic carbocycles. The molecular weight excluding hydrogens is 280 g/mol. The number of hydrogen-bond donors (Lipinski definition) is 5. The highest BCUT2D eigenvalue weighted by atomic mass is 16.4. The second-order valence-electron chi connectivity index (χ2n) is 5.13. The van der Waals surface area contributed by atoms with Crippen LogP contribution in [0.25, 0.3) is 0 Å². The molecular formula is C13H24N2O6. The van der Waals surface area contributed by atoms with E-state index in [2.05, 4.69) is 5.32 Å². The average molecular weight is 304 g/mol. The Labute approximate surface area is 123 Å². The first kappa shape index (κ1) is 18.0. The predicted octanol–water partition coefficient (Wildman–Crippen LogP) is -2.42. The fourth-order valence-corrected chi connectivity index (χ4v) is 2.41. The first-order valence-electron chi connectivity index (χ1n) is 7.14. The molecule has 0 radical (unpaired) electrons. The second kappa shape index (κ2) is 7.81. The molecule has 1 aliphatic heterocycles. The van der Waals surface area contributed by atoms with Crippen LogP contribution in [0.2, 0.25) is 0 Å². The van der Waals surface area contributed by atoms with Gasteiger partial charge in [0.25, 0.3) is 0 Å². The van der Waals surface area contributed by atoms with Crippen LogP contribution in [0.3, 0.4) is 0 Å². The Kier molecular flexibility index (Phi) is 6.69. The van der Waals surface area contributed by atoms with Crippen LogP contribution in [-0.2, 0) is 9.59 Å². The molecule has 0 aliphatic carbocycles. The summed E-state index contributed by atoms with van der Waals surface area (Å²) in [6.45, 7) is 3.08. The minimum absolute atomic E-state index is 0.144. The Balaban J connectivity index is 2.90. The van der Waals surface area contributed by atoms with Gasteiger partial charge in [0, 0.05) is 13.0 Å². The first-order chi connectivity index (χ1) is 9.88. The van der Waals surface area contributed by atoms with Crippen LogP contribution in [0.4, 0.5) is 0 Å². The Morgan fingerprint density at radius 3 is 2.19 bits per heavy atom. The molecule has 0 aromatic rings. The van der Waals surface area contributed by atoms with Crippen LogP contribution < -0.4 is 5.32 Å². The third kappa shape index (κ3) is 3.78. The first-order valence-corrected chi connectivity index (χ1v) is 7.14. The van der Waals surface area contributed by atoms with Crippen molar-refractivity contribution < 1.29 is 30.0 Å². The monoisotopic (exact) mass is 304 g/mol. The van der Waals surface area contributed by atoms with Crippen LogP contribution >= 0.6 is 0 Å². The Hall–Kier alpha value is -1.06. The number of carbonyl (C=O) groups excluding carboxylic acids is 2. The van der Waals surface area contributed by atoms with E-state index in [0.29, 0.717) is 6.42 Å². The van der Waals surface area contributed by atoms with Gasteiger partial charge in [0.05, 0.1) is 12.6 Å². The molecule has 21 heavy (non-hydrogen) atoms. The number of piperidine rings is 1. The third-order valence-corrected chi connectivity index (χ3v) is 3.66. The molecule has 8 nitrogen and oxygen atoms in total. The quantitative estimate of drug-likeness (QED) is 0.382. The number of nitrogens with one attached hydrogen (secondary N) is 1. The van der Waals surface area contributed by atoms with Crippen LogP contribution in [0.15, 0.2) is 0 Å². The molecule has 0 aromatic heterocycles. The molecule has 1 saturated heterocycles. The molecule has 122 valence electrons. The van der Waals surface area contributed by atoms with Gasteiger partial charge in [-0.15, -0.1) is 0 Å². The highest BCUT2D eigenvalue weighted by Crippen LogP contribution is 2.17. The highest BCUT2D eigenvalue weighted by Gasteiger charge is 2.46. The van der Waals surface area contributed by atoms with Crippen molar-refractivity contribution in [2.24, 2.45) is 0 Å². The van der Waals surface area contributed by atoms with E-state index in [1.165, 1.54) is 0 Å². The molecule has 8 heteroatoms. The normalized spacial score (nSPS) is 32.8. The van der Waals surface area contributed by atoms with Gasteiger partial charge in [-0.2, -0.15) is 0 Å². The van der Waals surface area contributed by atoms with E-state index < -0.39 is 42.9 Å². The summed E-state index contributed by atoms with van der Waals surface area (Å²) in [6.07, 6.45) is -3.73. The Morgan fingerprint density at radius 2 is 1.71 bits per heavy atom. The lowest BCUT2D eigenvalue weighted by atomic mass is 9.89. The smallest absolute Gasteiger partial charge is 0.249 e. The summed E-state index contributed by atoms with van der Waals surface area (Å²) >= 11 is 0. The number of carbonyl (C=O) groups is 2. The average Bonchev–Trinajstić information content (AvgIpc) is 2.46. The second-order valence-corrected chi connectivity index (χ2v) is 5.13. The number of rotatable bonds is 5. The zero-order chi connectivity index (χ0) is 16.2. The highest BCUT2D eigenvalue weighted by molar-refractivity contribution is 5.98. The van der Waals surface area contributed by atoms with Crippen LogP contribution in [0.1, 0.15) is 26.7 Å². The molecule has 1 aliphatic rings. The van der Waals surface area contributed by atoms with Gasteiger partial charge in [-0.25, -0.2) is 0 Å². The topological polar surface area (TPSA) is 130 Å². The van der Waals surface area contributed by atoms with Crippen LogP contribution in [0, 0.1) is 0 Å². The molecule has 0 unspecified atom stereocenters. The van der Waals surface area contributed by atoms with Crippen LogP contribution in [0.5, 0.6) is 0 Å². The summed E-state index contributed by atoms with van der Waals surface area (Å²) in [5.41, 5.74) is 0. The van der Waals surface area contributed by atoms with Gasteiger partial charge in [0.1, 0.15) is 24.4 Å². The van der Waals surface area contributed by atoms with E-state index in [-0.39, 0.29) is 18.9 Å². The molecule has 1 fully saturated rings. The fraction of sp³-hybridized carbons (Fsp3) is 0.846. The van der Waals surface area contributed by atoms with E-state index in [1.54, 1.807) is 6.92 Å². The van der Waals surface area contributed by atoms with E-state index in [1.807, 2.05) is 6.92 Å². The van der Waals surface area contributed by atoms with Crippen LogP contribution in [-0.4, -0.2) is 80.7 Å². The van der Waals surface area contributed by atoms with Gasteiger partial charge < -0.3 is 20.4 Å². The van der Waals surface area contributed by atoms with Gasteiger partial charge in [0.15, 0.2) is 0 Å². The molecule has 2 amide bonds. The van der Waals surface area contributed by atoms with Gasteiger partial charge in [-0.3, -0.25) is 19.8 Å². The zero-order valence-electron chi connectivity index (χ0n) is 12.3. The summed E-state index contributed by atoms with van der Waals surface area (Å²) in [4.78, 5) is 25.3. The van der Waals surface area contributed by atoms with Gasteiger partial charge >= 0.3 is 0 Å². The number of aliphatic hydroxyl groups is 4. The molecule has 1 rings (SSSR count). The molecule has 1 heterocycles. The lowest BCUT2D eigenvalue weighted by Crippen LogP contribution is -2.69. The maximum Gasteiger partial charge on any atom is 0.249 e. The number of imide groups is 1. The minimum Gasteiger partial charge on any atom is -0.395 e. The lowest BCUT2D eigenvalue weighted by Gasteiger charge is -2.41. The number of aliphatic hydroxyl groups excluding tert-OH is 4. The molecule has 5 N–H and O–H groups in total. The number of amides is 2. The summed E-state index contributed by atoms with van der Waals surface area (Å²) in [5, 5.41) is 41.1. The maximum absolute atomic E-state index is 12.4.